The topological polar surface area (TPSA) is 64.0 Å². The summed E-state index contributed by atoms with van der Waals surface area (Å²) in [6.07, 6.45) is 0. The SMILES string of the molecule is Cn1c(SCC(=O)Nc2ccc(F)cc2Cl)nc2scc(-c3cccs3)c2c1=O. The first-order chi connectivity index (χ1) is 13.9. The monoisotopic (exact) mass is 465 g/mol. The van der Waals surface area contributed by atoms with Gasteiger partial charge in [-0.2, -0.15) is 0 Å². The molecule has 0 radical (unpaired) electrons. The second kappa shape index (κ2) is 8.27. The van der Waals surface area contributed by atoms with Crippen molar-refractivity contribution in [2.75, 3.05) is 11.1 Å². The van der Waals surface area contributed by atoms with Crippen LogP contribution >= 0.6 is 46.0 Å². The van der Waals surface area contributed by atoms with Gasteiger partial charge in [0.25, 0.3) is 5.56 Å². The number of aromatic nitrogens is 2. The van der Waals surface area contributed by atoms with E-state index in [1.807, 2.05) is 22.9 Å². The van der Waals surface area contributed by atoms with Crippen LogP contribution in [0.15, 0.2) is 51.0 Å². The van der Waals surface area contributed by atoms with Gasteiger partial charge >= 0.3 is 0 Å². The summed E-state index contributed by atoms with van der Waals surface area (Å²) in [6, 6.07) is 7.66. The minimum absolute atomic E-state index is 0.0304. The van der Waals surface area contributed by atoms with E-state index >= 15 is 0 Å². The summed E-state index contributed by atoms with van der Waals surface area (Å²) in [6.45, 7) is 0. The van der Waals surface area contributed by atoms with Crippen molar-refractivity contribution < 1.29 is 9.18 Å². The summed E-state index contributed by atoms with van der Waals surface area (Å²) in [5.41, 5.74) is 1.06. The number of rotatable bonds is 5. The second-order valence-electron chi connectivity index (χ2n) is 6.03. The van der Waals surface area contributed by atoms with E-state index in [4.69, 9.17) is 11.6 Å². The third-order valence-corrected chi connectivity index (χ3v) is 7.22. The van der Waals surface area contributed by atoms with Crippen LogP contribution in [0, 0.1) is 5.82 Å². The normalized spacial score (nSPS) is 11.1. The maximum absolute atomic E-state index is 13.1. The summed E-state index contributed by atoms with van der Waals surface area (Å²) < 4.78 is 14.6. The number of hydrogen-bond acceptors (Lipinski definition) is 6. The number of nitrogens with one attached hydrogen (secondary N) is 1. The van der Waals surface area contributed by atoms with Gasteiger partial charge in [-0.3, -0.25) is 14.2 Å². The fourth-order valence-electron chi connectivity index (χ4n) is 2.70. The van der Waals surface area contributed by atoms with Crippen molar-refractivity contribution >= 4 is 67.8 Å². The van der Waals surface area contributed by atoms with E-state index < -0.39 is 5.82 Å². The van der Waals surface area contributed by atoms with Crippen molar-refractivity contribution in [3.05, 3.63) is 62.3 Å². The van der Waals surface area contributed by atoms with Crippen LogP contribution in [0.5, 0.6) is 0 Å². The van der Waals surface area contributed by atoms with Crippen LogP contribution in [0.25, 0.3) is 20.7 Å². The van der Waals surface area contributed by atoms with E-state index in [1.165, 1.54) is 28.0 Å². The fraction of sp³-hybridized carbons (Fsp3) is 0.105. The molecule has 0 saturated carbocycles. The summed E-state index contributed by atoms with van der Waals surface area (Å²) in [5, 5.41) is 7.69. The molecule has 0 saturated heterocycles. The highest BCUT2D eigenvalue weighted by Gasteiger charge is 2.17. The van der Waals surface area contributed by atoms with Crippen LogP contribution in [-0.2, 0) is 11.8 Å². The van der Waals surface area contributed by atoms with Crippen molar-refractivity contribution in [1.82, 2.24) is 9.55 Å². The van der Waals surface area contributed by atoms with E-state index in [1.54, 1.807) is 18.4 Å². The number of thiophene rings is 2. The summed E-state index contributed by atoms with van der Waals surface area (Å²) in [4.78, 5) is 31.4. The third kappa shape index (κ3) is 4.09. The molecule has 0 bridgehead atoms. The Morgan fingerprint density at radius 1 is 1.34 bits per heavy atom. The third-order valence-electron chi connectivity index (χ3n) is 4.10. The quantitative estimate of drug-likeness (QED) is 0.323. The smallest absolute Gasteiger partial charge is 0.263 e. The Hall–Kier alpha value is -2.20. The second-order valence-corrected chi connectivity index (χ2v) is 9.18. The molecule has 29 heavy (non-hydrogen) atoms. The van der Waals surface area contributed by atoms with Gasteiger partial charge in [0, 0.05) is 22.9 Å². The molecule has 0 atom stereocenters. The standard InChI is InChI=1S/C19H13ClFN3O2S3/c1-24-18(26)16-11(14-3-2-6-27-14)8-28-17(16)23-19(24)29-9-15(25)22-13-5-4-10(21)7-12(13)20/h2-8H,9H2,1H3,(H,22,25). The largest absolute Gasteiger partial charge is 0.324 e. The van der Waals surface area contributed by atoms with Crippen molar-refractivity contribution in [1.29, 1.82) is 0 Å². The number of nitrogens with zero attached hydrogens (tertiary/aromatic N) is 2. The Kier molecular flexibility index (Phi) is 5.73. The van der Waals surface area contributed by atoms with Gasteiger partial charge in [-0.15, -0.1) is 22.7 Å². The van der Waals surface area contributed by atoms with Gasteiger partial charge in [-0.1, -0.05) is 29.4 Å². The number of anilines is 1. The van der Waals surface area contributed by atoms with Crippen LogP contribution < -0.4 is 10.9 Å². The Labute approximate surface area is 182 Å². The van der Waals surface area contributed by atoms with Crippen LogP contribution in [0.2, 0.25) is 5.02 Å². The van der Waals surface area contributed by atoms with Gasteiger partial charge in [0.2, 0.25) is 5.91 Å². The lowest BCUT2D eigenvalue weighted by atomic mass is 10.2. The van der Waals surface area contributed by atoms with Crippen LogP contribution in [0.4, 0.5) is 10.1 Å². The lowest BCUT2D eigenvalue weighted by molar-refractivity contribution is -0.113. The maximum atomic E-state index is 13.1. The molecule has 10 heteroatoms. The molecule has 0 aliphatic rings. The van der Waals surface area contributed by atoms with E-state index in [2.05, 4.69) is 10.3 Å². The molecular formula is C19H13ClFN3O2S3. The molecule has 0 unspecified atom stereocenters. The van der Waals surface area contributed by atoms with Crippen molar-refractivity contribution in [2.24, 2.45) is 7.05 Å². The molecule has 1 aromatic carbocycles. The van der Waals surface area contributed by atoms with Gasteiger partial charge in [-0.05, 0) is 29.6 Å². The minimum Gasteiger partial charge on any atom is -0.324 e. The lowest BCUT2D eigenvalue weighted by Crippen LogP contribution is -2.21. The number of amides is 1. The first kappa shape index (κ1) is 20.1. The molecule has 4 aromatic rings. The first-order valence-electron chi connectivity index (χ1n) is 8.34. The lowest BCUT2D eigenvalue weighted by Gasteiger charge is -2.09. The Bertz CT molecular complexity index is 1270. The van der Waals surface area contributed by atoms with Crippen molar-refractivity contribution in [3.63, 3.8) is 0 Å². The molecule has 3 heterocycles. The molecule has 148 valence electrons. The highest BCUT2D eigenvalue weighted by Crippen LogP contribution is 2.34. The molecule has 3 aromatic heterocycles. The highest BCUT2D eigenvalue weighted by atomic mass is 35.5. The van der Waals surface area contributed by atoms with Crippen LogP contribution in [0.3, 0.4) is 0 Å². The van der Waals surface area contributed by atoms with E-state index in [0.717, 1.165) is 28.3 Å². The van der Waals surface area contributed by atoms with Crippen LogP contribution in [-0.4, -0.2) is 21.2 Å². The summed E-state index contributed by atoms with van der Waals surface area (Å²) >= 11 is 10.1. The van der Waals surface area contributed by atoms with E-state index in [0.29, 0.717) is 21.1 Å². The fourth-order valence-corrected chi connectivity index (χ4v) is 5.49. The zero-order chi connectivity index (χ0) is 20.5. The number of fused-ring (bicyclic) bond motifs is 1. The van der Waals surface area contributed by atoms with E-state index in [9.17, 15) is 14.0 Å². The predicted molar refractivity (Wildman–Crippen MR) is 119 cm³/mol. The number of thioether (sulfide) groups is 1. The molecule has 0 aliphatic carbocycles. The first-order valence-corrected chi connectivity index (χ1v) is 11.5. The minimum atomic E-state index is -0.479. The summed E-state index contributed by atoms with van der Waals surface area (Å²) in [7, 11) is 1.64. The molecular weight excluding hydrogens is 453 g/mol. The zero-order valence-electron chi connectivity index (χ0n) is 14.9. The molecule has 1 N–H and O–H groups in total. The molecule has 5 nitrogen and oxygen atoms in total. The molecule has 1 amide bonds. The van der Waals surface area contributed by atoms with Crippen LogP contribution in [0.1, 0.15) is 0 Å². The molecule has 0 fully saturated rings. The van der Waals surface area contributed by atoms with Gasteiger partial charge < -0.3 is 5.32 Å². The molecule has 0 spiro atoms. The number of carbonyl (C=O) groups is 1. The average Bonchev–Trinajstić information content (AvgIpc) is 3.35. The summed E-state index contributed by atoms with van der Waals surface area (Å²) in [5.74, 6) is -0.779. The number of hydrogen-bond donors (Lipinski definition) is 1. The molecule has 0 aliphatic heterocycles. The molecule has 4 rings (SSSR count). The Balaban J connectivity index is 1.55. The van der Waals surface area contributed by atoms with Gasteiger partial charge in [0.05, 0.1) is 21.8 Å². The van der Waals surface area contributed by atoms with Gasteiger partial charge in [0.1, 0.15) is 10.6 Å². The Morgan fingerprint density at radius 3 is 2.90 bits per heavy atom. The van der Waals surface area contributed by atoms with E-state index in [-0.39, 0.29) is 22.2 Å². The Morgan fingerprint density at radius 2 is 2.17 bits per heavy atom. The maximum Gasteiger partial charge on any atom is 0.263 e. The van der Waals surface area contributed by atoms with Crippen molar-refractivity contribution in [2.45, 2.75) is 5.16 Å². The average molecular weight is 466 g/mol. The van der Waals surface area contributed by atoms with Crippen molar-refractivity contribution in [3.8, 4) is 10.4 Å². The number of carbonyl (C=O) groups excluding carboxylic acids is 1. The van der Waals surface area contributed by atoms with Gasteiger partial charge in [-0.25, -0.2) is 9.37 Å². The van der Waals surface area contributed by atoms with Gasteiger partial charge in [0.15, 0.2) is 5.16 Å². The zero-order valence-corrected chi connectivity index (χ0v) is 18.1. The predicted octanol–water partition coefficient (Wildman–Crippen LogP) is 5.25. The number of benzene rings is 1. The highest BCUT2D eigenvalue weighted by molar-refractivity contribution is 7.99. The number of halogens is 2.